The van der Waals surface area contributed by atoms with Gasteiger partial charge >= 0.3 is 7.82 Å². The van der Waals surface area contributed by atoms with Gasteiger partial charge in [0.15, 0.2) is 0 Å². The van der Waals surface area contributed by atoms with E-state index in [2.05, 4.69) is 0 Å². The smallest absolute Gasteiger partial charge is 0.385 e. The number of hydrogen-bond donors (Lipinski definition) is 0. The summed E-state index contributed by atoms with van der Waals surface area (Å²) in [6.45, 7) is 5.79. The van der Waals surface area contributed by atoms with Gasteiger partial charge in [-0.3, -0.25) is 0 Å². The van der Waals surface area contributed by atoms with Crippen LogP contribution in [0, 0.1) is 20.8 Å². The molecule has 188 valence electrons. The minimum Gasteiger partial charge on any atom is -0.385 e. The van der Waals surface area contributed by atoms with Gasteiger partial charge in [-0.1, -0.05) is 109 Å². The van der Waals surface area contributed by atoms with Crippen LogP contribution in [0.3, 0.4) is 0 Å². The van der Waals surface area contributed by atoms with E-state index in [1.807, 2.05) is 130 Å². The Morgan fingerprint density at radius 3 is 1.03 bits per heavy atom. The second-order valence-electron chi connectivity index (χ2n) is 9.52. The summed E-state index contributed by atoms with van der Waals surface area (Å²) in [4.78, 5) is 0. The summed E-state index contributed by atoms with van der Waals surface area (Å²) in [7, 11) is -4.28. The minimum atomic E-state index is -4.28. The molecular weight excluding hydrogens is 491 g/mol. The first-order valence-electron chi connectivity index (χ1n) is 12.6. The summed E-state index contributed by atoms with van der Waals surface area (Å²) < 4.78 is 34.0. The molecule has 0 saturated carbocycles. The summed E-state index contributed by atoms with van der Waals surface area (Å²) in [5.74, 6) is 1.42. The lowest BCUT2D eigenvalue weighted by atomic mass is 10.1. The predicted octanol–water partition coefficient (Wildman–Crippen LogP) is 9.72. The first kappa shape index (κ1) is 24.1. The first-order chi connectivity index (χ1) is 18.4. The zero-order valence-corrected chi connectivity index (χ0v) is 22.4. The van der Waals surface area contributed by atoms with Crippen molar-refractivity contribution in [2.45, 2.75) is 20.8 Å². The topological polar surface area (TPSA) is 44.8 Å². The average Bonchev–Trinajstić information content (AvgIpc) is 2.94. The molecule has 38 heavy (non-hydrogen) atoms. The molecule has 0 saturated heterocycles. The second-order valence-corrected chi connectivity index (χ2v) is 11.0. The lowest BCUT2D eigenvalue weighted by Crippen LogP contribution is -2.10. The molecular formula is C33H27O4P. The SMILES string of the molecule is Cc1ccc2ccccc2c1OP(=O)(Oc1c(C)ccc2ccccc12)Oc1c(C)ccc2ccccc12. The average molecular weight is 519 g/mol. The maximum atomic E-state index is 14.8. The lowest BCUT2D eigenvalue weighted by Gasteiger charge is -2.24. The van der Waals surface area contributed by atoms with Crippen LogP contribution in [0.4, 0.5) is 0 Å². The fraction of sp³-hybridized carbons (Fsp3) is 0.0909. The molecule has 0 spiro atoms. The number of phosphoric ester groups is 1. The number of phosphoric acid groups is 1. The fourth-order valence-electron chi connectivity index (χ4n) is 4.81. The van der Waals surface area contributed by atoms with Gasteiger partial charge in [0, 0.05) is 16.2 Å². The highest BCUT2D eigenvalue weighted by molar-refractivity contribution is 7.49. The summed E-state index contributed by atoms with van der Waals surface area (Å²) in [6.07, 6.45) is 0. The molecule has 0 aromatic heterocycles. The van der Waals surface area contributed by atoms with E-state index in [0.717, 1.165) is 49.0 Å². The lowest BCUT2D eigenvalue weighted by molar-refractivity contribution is 0.300. The number of hydrogen-bond acceptors (Lipinski definition) is 4. The molecule has 0 aliphatic heterocycles. The molecule has 6 rings (SSSR count). The second kappa shape index (κ2) is 9.55. The van der Waals surface area contributed by atoms with Crippen molar-refractivity contribution in [2.24, 2.45) is 0 Å². The Morgan fingerprint density at radius 2 is 0.711 bits per heavy atom. The Balaban J connectivity index is 1.54. The summed E-state index contributed by atoms with van der Waals surface area (Å²) in [5, 5.41) is 5.43. The molecule has 0 aliphatic carbocycles. The zero-order valence-electron chi connectivity index (χ0n) is 21.5. The normalized spacial score (nSPS) is 11.7. The molecule has 6 aromatic carbocycles. The molecule has 0 atom stereocenters. The van der Waals surface area contributed by atoms with Gasteiger partial charge in [-0.05, 0) is 53.6 Å². The summed E-state index contributed by atoms with van der Waals surface area (Å²) >= 11 is 0. The van der Waals surface area contributed by atoms with Crippen LogP contribution in [0.25, 0.3) is 32.3 Å². The van der Waals surface area contributed by atoms with Crippen LogP contribution in [-0.4, -0.2) is 0 Å². The molecule has 6 aromatic rings. The molecule has 0 aliphatic rings. The Hall–Kier alpha value is -4.27. The number of aryl methyl sites for hydroxylation is 3. The van der Waals surface area contributed by atoms with E-state index in [4.69, 9.17) is 13.6 Å². The van der Waals surface area contributed by atoms with E-state index >= 15 is 0 Å². The molecule has 0 N–H and O–H groups in total. The van der Waals surface area contributed by atoms with E-state index in [9.17, 15) is 4.57 Å². The highest BCUT2D eigenvalue weighted by Crippen LogP contribution is 2.54. The van der Waals surface area contributed by atoms with Crippen molar-refractivity contribution in [3.8, 4) is 17.2 Å². The van der Waals surface area contributed by atoms with Crippen molar-refractivity contribution < 1.29 is 18.1 Å². The van der Waals surface area contributed by atoms with Crippen LogP contribution in [0.15, 0.2) is 109 Å². The highest BCUT2D eigenvalue weighted by Gasteiger charge is 2.36. The van der Waals surface area contributed by atoms with Gasteiger partial charge < -0.3 is 13.6 Å². The van der Waals surface area contributed by atoms with Crippen molar-refractivity contribution in [2.75, 3.05) is 0 Å². The van der Waals surface area contributed by atoms with E-state index < -0.39 is 7.82 Å². The monoisotopic (exact) mass is 518 g/mol. The van der Waals surface area contributed by atoms with E-state index in [0.29, 0.717) is 17.2 Å². The van der Waals surface area contributed by atoms with Crippen molar-refractivity contribution in [1.29, 1.82) is 0 Å². The minimum absolute atomic E-state index is 0.474. The third-order valence-electron chi connectivity index (χ3n) is 6.84. The van der Waals surface area contributed by atoms with E-state index in [1.54, 1.807) is 0 Å². The Kier molecular flexibility index (Phi) is 6.06. The number of benzene rings is 6. The zero-order chi connectivity index (χ0) is 26.3. The molecule has 0 unspecified atom stereocenters. The highest BCUT2D eigenvalue weighted by atomic mass is 31.2. The van der Waals surface area contributed by atoms with Crippen LogP contribution >= 0.6 is 7.82 Å². The van der Waals surface area contributed by atoms with Gasteiger partial charge in [0.25, 0.3) is 0 Å². The maximum Gasteiger partial charge on any atom is 0.647 e. The summed E-state index contributed by atoms with van der Waals surface area (Å²) in [6, 6.07) is 35.5. The van der Waals surface area contributed by atoms with Crippen molar-refractivity contribution in [3.63, 3.8) is 0 Å². The molecule has 4 nitrogen and oxygen atoms in total. The molecule has 0 amide bonds. The molecule has 0 fully saturated rings. The largest absolute Gasteiger partial charge is 0.647 e. The van der Waals surface area contributed by atoms with Crippen LogP contribution in [0.1, 0.15) is 16.7 Å². The van der Waals surface area contributed by atoms with Gasteiger partial charge in [0.2, 0.25) is 0 Å². The van der Waals surface area contributed by atoms with Crippen LogP contribution in [-0.2, 0) is 4.57 Å². The third kappa shape index (κ3) is 4.38. The van der Waals surface area contributed by atoms with Crippen LogP contribution in [0.5, 0.6) is 17.2 Å². The molecule has 0 heterocycles. The number of fused-ring (bicyclic) bond motifs is 3. The van der Waals surface area contributed by atoms with E-state index in [-0.39, 0.29) is 0 Å². The Morgan fingerprint density at radius 1 is 0.421 bits per heavy atom. The standard InChI is InChI=1S/C33H27O4P/c1-22-16-19-25-10-4-7-13-28(25)31(22)35-38(34,36-32-23(2)17-20-26-11-5-8-14-29(26)32)37-33-24(3)18-21-27-12-6-9-15-30(27)33/h4-21H,1-3H3. The van der Waals surface area contributed by atoms with Crippen molar-refractivity contribution in [3.05, 3.63) is 126 Å². The van der Waals surface area contributed by atoms with Gasteiger partial charge in [-0.25, -0.2) is 0 Å². The van der Waals surface area contributed by atoms with Crippen molar-refractivity contribution in [1.82, 2.24) is 0 Å². The summed E-state index contributed by atoms with van der Waals surface area (Å²) in [5.41, 5.74) is 2.50. The Bertz CT molecular complexity index is 1660. The van der Waals surface area contributed by atoms with Gasteiger partial charge in [0.1, 0.15) is 17.2 Å². The maximum absolute atomic E-state index is 14.8. The van der Waals surface area contributed by atoms with Gasteiger partial charge in [0.05, 0.1) is 0 Å². The van der Waals surface area contributed by atoms with Gasteiger partial charge in [-0.2, -0.15) is 4.57 Å². The van der Waals surface area contributed by atoms with Crippen LogP contribution < -0.4 is 13.6 Å². The quantitative estimate of drug-likeness (QED) is 0.206. The fourth-order valence-corrected chi connectivity index (χ4v) is 6.32. The third-order valence-corrected chi connectivity index (χ3v) is 8.06. The molecule has 0 radical (unpaired) electrons. The predicted molar refractivity (Wildman–Crippen MR) is 156 cm³/mol. The van der Waals surface area contributed by atoms with Crippen LogP contribution in [0.2, 0.25) is 0 Å². The molecule has 5 heteroatoms. The molecule has 0 bridgehead atoms. The van der Waals surface area contributed by atoms with Gasteiger partial charge in [-0.15, -0.1) is 0 Å². The Labute approximate surface area is 222 Å². The first-order valence-corrected chi connectivity index (χ1v) is 14.0. The van der Waals surface area contributed by atoms with E-state index in [1.165, 1.54) is 0 Å². The van der Waals surface area contributed by atoms with Crippen molar-refractivity contribution >= 4 is 40.1 Å². The number of rotatable bonds is 6.